The molecule has 1 N–H and O–H groups in total. The zero-order valence-corrected chi connectivity index (χ0v) is 9.35. The van der Waals surface area contributed by atoms with Gasteiger partial charge in [0.15, 0.2) is 0 Å². The van der Waals surface area contributed by atoms with Crippen LogP contribution in [0.5, 0.6) is 0 Å². The van der Waals surface area contributed by atoms with Crippen molar-refractivity contribution >= 4 is 11.6 Å². The zero-order chi connectivity index (χ0) is 11.6. The molecule has 0 aliphatic heterocycles. The number of halogens is 3. The first-order valence-electron chi connectivity index (χ1n) is 4.67. The van der Waals surface area contributed by atoms with Crippen molar-refractivity contribution in [1.82, 2.24) is 0 Å². The maximum atomic E-state index is 13.1. The van der Waals surface area contributed by atoms with E-state index in [-0.39, 0.29) is 11.5 Å². The number of alkyl halides is 2. The summed E-state index contributed by atoms with van der Waals surface area (Å²) >= 11 is 5.87. The Balaban J connectivity index is 3.12. The quantitative estimate of drug-likeness (QED) is 0.848. The first-order valence-corrected chi connectivity index (χ1v) is 5.05. The lowest BCUT2D eigenvalue weighted by Gasteiger charge is -2.16. The van der Waals surface area contributed by atoms with Crippen LogP contribution in [-0.4, -0.2) is 11.7 Å². The molecule has 0 aliphatic rings. The van der Waals surface area contributed by atoms with Gasteiger partial charge in [0.05, 0.1) is 0 Å². The van der Waals surface area contributed by atoms with E-state index in [9.17, 15) is 8.78 Å². The van der Waals surface area contributed by atoms with Gasteiger partial charge in [0.2, 0.25) is 0 Å². The van der Waals surface area contributed by atoms with Crippen LogP contribution in [0.2, 0.25) is 5.02 Å². The predicted molar refractivity (Wildman–Crippen MR) is 56.5 cm³/mol. The predicted octanol–water partition coefficient (Wildman–Crippen LogP) is 3.55. The number of hydrogen-bond acceptors (Lipinski definition) is 1. The molecular weight excluding hydrogens is 222 g/mol. The summed E-state index contributed by atoms with van der Waals surface area (Å²) in [5.74, 6) is -3.03. The Hall–Kier alpha value is -0.670. The van der Waals surface area contributed by atoms with Gasteiger partial charge >= 0.3 is 0 Å². The summed E-state index contributed by atoms with van der Waals surface area (Å²) in [6.07, 6.45) is 0. The molecule has 1 nitrogen and oxygen atoms in total. The van der Waals surface area contributed by atoms with Crippen LogP contribution >= 0.6 is 11.6 Å². The number of rotatable bonds is 3. The molecule has 0 fully saturated rings. The molecule has 1 aromatic carbocycles. The number of hydrogen-bond donors (Lipinski definition) is 1. The van der Waals surface area contributed by atoms with Crippen LogP contribution in [0.1, 0.15) is 30.9 Å². The minimum Gasteiger partial charge on any atom is -0.390 e. The zero-order valence-electron chi connectivity index (χ0n) is 8.60. The van der Waals surface area contributed by atoms with E-state index in [2.05, 4.69) is 0 Å². The lowest BCUT2D eigenvalue weighted by Crippen LogP contribution is -2.18. The molecule has 4 heteroatoms. The van der Waals surface area contributed by atoms with E-state index in [0.717, 1.165) is 5.56 Å². The van der Waals surface area contributed by atoms with E-state index in [1.807, 2.05) is 13.8 Å². The average Bonchev–Trinajstić information content (AvgIpc) is 2.17. The molecule has 0 saturated heterocycles. The maximum absolute atomic E-state index is 13.1. The summed E-state index contributed by atoms with van der Waals surface area (Å²) in [5, 5.41) is 8.84. The third-order valence-electron chi connectivity index (χ3n) is 2.24. The monoisotopic (exact) mass is 234 g/mol. The molecule has 0 heterocycles. The summed E-state index contributed by atoms with van der Waals surface area (Å²) < 4.78 is 26.2. The Morgan fingerprint density at radius 3 is 2.40 bits per heavy atom. The highest BCUT2D eigenvalue weighted by Gasteiger charge is 2.30. The van der Waals surface area contributed by atoms with Gasteiger partial charge in [0.25, 0.3) is 5.92 Å². The van der Waals surface area contributed by atoms with Gasteiger partial charge < -0.3 is 5.11 Å². The molecule has 0 aliphatic carbocycles. The van der Waals surface area contributed by atoms with E-state index in [1.165, 1.54) is 12.1 Å². The summed E-state index contributed by atoms with van der Waals surface area (Å²) in [7, 11) is 0. The molecule has 1 rings (SSSR count). The van der Waals surface area contributed by atoms with Crippen LogP contribution < -0.4 is 0 Å². The molecule has 15 heavy (non-hydrogen) atoms. The minimum atomic E-state index is -3.22. The second kappa shape index (κ2) is 4.45. The number of benzene rings is 1. The van der Waals surface area contributed by atoms with Crippen molar-refractivity contribution < 1.29 is 13.9 Å². The van der Waals surface area contributed by atoms with Crippen LogP contribution in [0.4, 0.5) is 8.78 Å². The maximum Gasteiger partial charge on any atom is 0.295 e. The van der Waals surface area contributed by atoms with E-state index in [4.69, 9.17) is 16.7 Å². The Bertz CT molecular complexity index is 350. The largest absolute Gasteiger partial charge is 0.390 e. The standard InChI is InChI=1S/C11H13ClF2O/c1-7(2)9-4-3-8(5-10(9)12)11(13,14)6-15/h3-5,7,15H,6H2,1-2H3. The van der Waals surface area contributed by atoms with E-state index < -0.39 is 12.5 Å². The fourth-order valence-electron chi connectivity index (χ4n) is 1.31. The summed E-state index contributed by atoms with van der Waals surface area (Å²) in [5.41, 5.74) is 0.577. The van der Waals surface area contributed by atoms with Crippen molar-refractivity contribution in [2.45, 2.75) is 25.7 Å². The van der Waals surface area contributed by atoms with Crippen LogP contribution in [0, 0.1) is 0 Å². The molecule has 0 atom stereocenters. The third-order valence-corrected chi connectivity index (χ3v) is 2.57. The Morgan fingerprint density at radius 1 is 1.40 bits per heavy atom. The molecule has 0 radical (unpaired) electrons. The SMILES string of the molecule is CC(C)c1ccc(C(F)(F)CO)cc1Cl. The molecule has 84 valence electrons. The van der Waals surface area contributed by atoms with Gasteiger partial charge in [-0.15, -0.1) is 0 Å². The molecule has 0 spiro atoms. The Morgan fingerprint density at radius 2 is 2.00 bits per heavy atom. The number of aliphatic hydroxyl groups is 1. The van der Waals surface area contributed by atoms with Crippen molar-refractivity contribution in [3.8, 4) is 0 Å². The van der Waals surface area contributed by atoms with E-state index in [1.54, 1.807) is 6.07 Å². The van der Waals surface area contributed by atoms with Crippen LogP contribution in [0.25, 0.3) is 0 Å². The second-order valence-corrected chi connectivity index (χ2v) is 4.16. The van der Waals surface area contributed by atoms with E-state index >= 15 is 0 Å². The molecule has 0 saturated carbocycles. The first kappa shape index (κ1) is 12.4. The van der Waals surface area contributed by atoms with Gasteiger partial charge in [-0.1, -0.05) is 37.6 Å². The molecule has 0 aromatic heterocycles. The van der Waals surface area contributed by atoms with Crippen molar-refractivity contribution in [2.75, 3.05) is 6.61 Å². The highest BCUT2D eigenvalue weighted by atomic mass is 35.5. The summed E-state index contributed by atoms with van der Waals surface area (Å²) in [4.78, 5) is 0. The van der Waals surface area contributed by atoms with Gasteiger partial charge in [-0.05, 0) is 17.5 Å². The lowest BCUT2D eigenvalue weighted by molar-refractivity contribution is -0.0556. The van der Waals surface area contributed by atoms with Crippen molar-refractivity contribution in [3.05, 3.63) is 34.3 Å². The van der Waals surface area contributed by atoms with Crippen molar-refractivity contribution in [3.63, 3.8) is 0 Å². The topological polar surface area (TPSA) is 20.2 Å². The minimum absolute atomic E-state index is 0.189. The third kappa shape index (κ3) is 2.67. The normalized spacial score (nSPS) is 12.2. The first-order chi connectivity index (χ1) is 6.88. The van der Waals surface area contributed by atoms with Crippen molar-refractivity contribution in [1.29, 1.82) is 0 Å². The highest BCUT2D eigenvalue weighted by molar-refractivity contribution is 6.31. The highest BCUT2D eigenvalue weighted by Crippen LogP contribution is 2.32. The smallest absolute Gasteiger partial charge is 0.295 e. The Labute approximate surface area is 92.7 Å². The van der Waals surface area contributed by atoms with Crippen molar-refractivity contribution in [2.24, 2.45) is 0 Å². The van der Waals surface area contributed by atoms with Crippen LogP contribution in [0.15, 0.2) is 18.2 Å². The van der Waals surface area contributed by atoms with E-state index in [0.29, 0.717) is 5.02 Å². The fourth-order valence-corrected chi connectivity index (χ4v) is 1.71. The van der Waals surface area contributed by atoms with Crippen LogP contribution in [0.3, 0.4) is 0 Å². The van der Waals surface area contributed by atoms with Gasteiger partial charge in [0, 0.05) is 10.6 Å². The summed E-state index contributed by atoms with van der Waals surface area (Å²) in [6, 6.07) is 4.09. The molecule has 1 aromatic rings. The van der Waals surface area contributed by atoms with Gasteiger partial charge in [-0.2, -0.15) is 8.78 Å². The van der Waals surface area contributed by atoms with Crippen LogP contribution in [-0.2, 0) is 5.92 Å². The fraction of sp³-hybridized carbons (Fsp3) is 0.455. The molecule has 0 unspecified atom stereocenters. The molecule has 0 bridgehead atoms. The van der Waals surface area contributed by atoms with Gasteiger partial charge in [-0.3, -0.25) is 0 Å². The average molecular weight is 235 g/mol. The summed E-state index contributed by atoms with van der Waals surface area (Å²) in [6.45, 7) is 2.67. The van der Waals surface area contributed by atoms with Gasteiger partial charge in [0.1, 0.15) is 6.61 Å². The molecular formula is C11H13ClF2O. The Kier molecular flexibility index (Phi) is 3.68. The molecule has 0 amide bonds. The lowest BCUT2D eigenvalue weighted by atomic mass is 9.99. The number of aliphatic hydroxyl groups excluding tert-OH is 1. The second-order valence-electron chi connectivity index (χ2n) is 3.75. The van der Waals surface area contributed by atoms with Gasteiger partial charge in [-0.25, -0.2) is 0 Å².